The molecule has 3 heteroatoms. The van der Waals surface area contributed by atoms with Crippen LogP contribution in [-0.2, 0) is 0 Å². The molecular weight excluding hydrogens is 186 g/mol. The van der Waals surface area contributed by atoms with Gasteiger partial charge in [-0.05, 0) is 43.7 Å². The van der Waals surface area contributed by atoms with Gasteiger partial charge >= 0.3 is 0 Å². The second-order valence-corrected chi connectivity index (χ2v) is 3.52. The Kier molecular flexibility index (Phi) is 4.65. The molecule has 0 heterocycles. The van der Waals surface area contributed by atoms with E-state index in [1.807, 2.05) is 24.3 Å². The quantitative estimate of drug-likeness (QED) is 0.770. The Morgan fingerprint density at radius 3 is 2.53 bits per heavy atom. The van der Waals surface area contributed by atoms with Crippen LogP contribution in [-0.4, -0.2) is 12.6 Å². The highest BCUT2D eigenvalue weighted by Crippen LogP contribution is 2.12. The maximum atomic E-state index is 8.65. The van der Waals surface area contributed by atoms with Gasteiger partial charge in [0, 0.05) is 11.7 Å². The molecule has 0 aromatic heterocycles. The zero-order valence-corrected chi connectivity index (χ0v) is 9.03. The van der Waals surface area contributed by atoms with Crippen molar-refractivity contribution in [3.8, 4) is 6.07 Å². The molecule has 3 nitrogen and oxygen atoms in total. The summed E-state index contributed by atoms with van der Waals surface area (Å²) in [6, 6.07) is 10.0. The van der Waals surface area contributed by atoms with Crippen molar-refractivity contribution in [3.63, 3.8) is 0 Å². The van der Waals surface area contributed by atoms with Gasteiger partial charge in [-0.15, -0.1) is 0 Å². The summed E-state index contributed by atoms with van der Waals surface area (Å²) in [5.41, 5.74) is 7.26. The number of benzene rings is 1. The Morgan fingerprint density at radius 1 is 1.40 bits per heavy atom. The summed E-state index contributed by atoms with van der Waals surface area (Å²) in [6.07, 6.45) is 2.02. The first kappa shape index (κ1) is 11.5. The zero-order chi connectivity index (χ0) is 11.1. The van der Waals surface area contributed by atoms with E-state index in [9.17, 15) is 0 Å². The van der Waals surface area contributed by atoms with E-state index >= 15 is 0 Å². The van der Waals surface area contributed by atoms with Gasteiger partial charge in [-0.25, -0.2) is 0 Å². The number of hydrogen-bond donors (Lipinski definition) is 2. The van der Waals surface area contributed by atoms with Gasteiger partial charge in [-0.3, -0.25) is 0 Å². The van der Waals surface area contributed by atoms with Crippen molar-refractivity contribution in [2.75, 3.05) is 11.9 Å². The smallest absolute Gasteiger partial charge is 0.0991 e. The molecule has 1 aromatic rings. The van der Waals surface area contributed by atoms with Crippen LogP contribution in [0.1, 0.15) is 25.3 Å². The van der Waals surface area contributed by atoms with Gasteiger partial charge in [0.2, 0.25) is 0 Å². The fraction of sp³-hybridized carbons (Fsp3) is 0.417. The number of nitrogens with two attached hydrogens (primary N) is 1. The van der Waals surface area contributed by atoms with E-state index in [4.69, 9.17) is 11.0 Å². The van der Waals surface area contributed by atoms with Gasteiger partial charge in [0.25, 0.3) is 0 Å². The maximum Gasteiger partial charge on any atom is 0.0991 e. The summed E-state index contributed by atoms with van der Waals surface area (Å²) in [6.45, 7) is 2.83. The van der Waals surface area contributed by atoms with Crippen molar-refractivity contribution in [1.29, 1.82) is 5.26 Å². The molecule has 0 aliphatic rings. The van der Waals surface area contributed by atoms with Gasteiger partial charge < -0.3 is 11.1 Å². The normalized spacial score (nSPS) is 11.8. The van der Waals surface area contributed by atoms with Gasteiger partial charge in [0.05, 0.1) is 11.6 Å². The van der Waals surface area contributed by atoms with Crippen LogP contribution in [0.15, 0.2) is 24.3 Å². The second kappa shape index (κ2) is 6.05. The molecule has 0 saturated heterocycles. The number of hydrogen-bond acceptors (Lipinski definition) is 3. The summed E-state index contributed by atoms with van der Waals surface area (Å²) in [4.78, 5) is 0. The molecule has 0 radical (unpaired) electrons. The highest BCUT2D eigenvalue weighted by Gasteiger charge is 2.04. The van der Waals surface area contributed by atoms with Crippen LogP contribution in [0.5, 0.6) is 0 Å². The molecule has 0 fully saturated rings. The maximum absolute atomic E-state index is 8.65. The van der Waals surface area contributed by atoms with Crippen molar-refractivity contribution >= 4 is 5.69 Å². The first-order valence-electron chi connectivity index (χ1n) is 5.27. The lowest BCUT2D eigenvalue weighted by Gasteiger charge is -2.17. The second-order valence-electron chi connectivity index (χ2n) is 3.52. The third kappa shape index (κ3) is 3.61. The van der Waals surface area contributed by atoms with Crippen molar-refractivity contribution in [1.82, 2.24) is 0 Å². The van der Waals surface area contributed by atoms with Crippen LogP contribution in [0.4, 0.5) is 5.69 Å². The van der Waals surface area contributed by atoms with Crippen molar-refractivity contribution in [2.45, 2.75) is 25.8 Å². The largest absolute Gasteiger partial charge is 0.382 e. The lowest BCUT2D eigenvalue weighted by Crippen LogP contribution is -2.22. The molecule has 0 saturated carbocycles. The Hall–Kier alpha value is -1.53. The average molecular weight is 203 g/mol. The Morgan fingerprint density at radius 2 is 2.07 bits per heavy atom. The highest BCUT2D eigenvalue weighted by molar-refractivity contribution is 5.47. The highest BCUT2D eigenvalue weighted by atomic mass is 14.9. The minimum Gasteiger partial charge on any atom is -0.382 e. The summed E-state index contributed by atoms with van der Waals surface area (Å²) in [5, 5.41) is 12.0. The number of rotatable bonds is 5. The third-order valence-electron chi connectivity index (χ3n) is 2.39. The molecule has 3 N–H and O–H groups in total. The predicted octanol–water partition coefficient (Wildman–Crippen LogP) is 2.10. The first-order valence-corrected chi connectivity index (χ1v) is 5.27. The molecule has 0 bridgehead atoms. The molecule has 1 unspecified atom stereocenters. The standard InChI is InChI=1S/C12H17N3/c1-2-11(7-8-13)15-12-5-3-10(9-14)4-6-12/h3-6,11,15H,2,7-8,13H2,1H3. The third-order valence-corrected chi connectivity index (χ3v) is 2.39. The van der Waals surface area contributed by atoms with Crippen molar-refractivity contribution in [2.24, 2.45) is 5.73 Å². The Balaban J connectivity index is 2.59. The molecule has 0 aliphatic carbocycles. The summed E-state index contributed by atoms with van der Waals surface area (Å²) in [7, 11) is 0. The SMILES string of the molecule is CCC(CCN)Nc1ccc(C#N)cc1. The topological polar surface area (TPSA) is 61.8 Å². The molecule has 1 aromatic carbocycles. The zero-order valence-electron chi connectivity index (χ0n) is 9.03. The molecule has 1 rings (SSSR count). The van der Waals surface area contributed by atoms with E-state index in [0.29, 0.717) is 18.2 Å². The monoisotopic (exact) mass is 203 g/mol. The number of nitrogens with zero attached hydrogens (tertiary/aromatic N) is 1. The van der Waals surface area contributed by atoms with Crippen LogP contribution in [0.3, 0.4) is 0 Å². The lowest BCUT2D eigenvalue weighted by molar-refractivity contribution is 0.642. The van der Waals surface area contributed by atoms with E-state index in [1.54, 1.807) is 0 Å². The van der Waals surface area contributed by atoms with Crippen molar-refractivity contribution < 1.29 is 0 Å². The van der Waals surface area contributed by atoms with Gasteiger partial charge in [-0.2, -0.15) is 5.26 Å². The van der Waals surface area contributed by atoms with E-state index in [0.717, 1.165) is 18.5 Å². The number of nitriles is 1. The van der Waals surface area contributed by atoms with Gasteiger partial charge in [0.1, 0.15) is 0 Å². The van der Waals surface area contributed by atoms with Gasteiger partial charge in [0.15, 0.2) is 0 Å². The molecular formula is C12H17N3. The van der Waals surface area contributed by atoms with Crippen LogP contribution in [0.2, 0.25) is 0 Å². The van der Waals surface area contributed by atoms with Crippen LogP contribution < -0.4 is 11.1 Å². The average Bonchev–Trinajstić information content (AvgIpc) is 2.29. The van der Waals surface area contributed by atoms with E-state index in [-0.39, 0.29) is 0 Å². The summed E-state index contributed by atoms with van der Waals surface area (Å²) in [5.74, 6) is 0. The molecule has 80 valence electrons. The van der Waals surface area contributed by atoms with Crippen LogP contribution in [0.25, 0.3) is 0 Å². The Labute approximate surface area is 90.9 Å². The molecule has 0 spiro atoms. The summed E-state index contributed by atoms with van der Waals surface area (Å²) < 4.78 is 0. The Bertz CT molecular complexity index is 324. The van der Waals surface area contributed by atoms with Crippen molar-refractivity contribution in [3.05, 3.63) is 29.8 Å². The van der Waals surface area contributed by atoms with E-state index < -0.39 is 0 Å². The molecule has 0 amide bonds. The molecule has 0 aliphatic heterocycles. The fourth-order valence-electron chi connectivity index (χ4n) is 1.46. The van der Waals surface area contributed by atoms with Crippen LogP contribution >= 0.6 is 0 Å². The minimum atomic E-state index is 0.419. The lowest BCUT2D eigenvalue weighted by atomic mass is 10.1. The van der Waals surface area contributed by atoms with E-state index in [1.165, 1.54) is 0 Å². The molecule has 15 heavy (non-hydrogen) atoms. The predicted molar refractivity (Wildman–Crippen MR) is 62.5 cm³/mol. The molecule has 1 atom stereocenters. The minimum absolute atomic E-state index is 0.419. The fourth-order valence-corrected chi connectivity index (χ4v) is 1.46. The van der Waals surface area contributed by atoms with E-state index in [2.05, 4.69) is 18.3 Å². The van der Waals surface area contributed by atoms with Crippen LogP contribution in [0, 0.1) is 11.3 Å². The number of nitrogens with one attached hydrogen (secondary N) is 1. The van der Waals surface area contributed by atoms with Gasteiger partial charge in [-0.1, -0.05) is 6.92 Å². The number of anilines is 1. The first-order chi connectivity index (χ1) is 7.30. The summed E-state index contributed by atoms with van der Waals surface area (Å²) >= 11 is 0.